The molecule has 0 aliphatic heterocycles. The molecule has 1 atom stereocenters. The lowest BCUT2D eigenvalue weighted by Crippen LogP contribution is -2.54. The predicted octanol–water partition coefficient (Wildman–Crippen LogP) is 6.55. The first-order chi connectivity index (χ1) is 16.3. The Kier molecular flexibility index (Phi) is 8.22. The van der Waals surface area contributed by atoms with E-state index in [1.807, 2.05) is 6.07 Å². The largest absolute Gasteiger partial charge is 0.457 e. The molecule has 0 amide bonds. The van der Waals surface area contributed by atoms with E-state index in [0.29, 0.717) is 29.3 Å². The lowest BCUT2D eigenvalue weighted by Gasteiger charge is -2.33. The van der Waals surface area contributed by atoms with E-state index in [1.54, 1.807) is 76.0 Å². The molecule has 3 rings (SSSR count). The molecular weight excluding hydrogens is 591 g/mol. The maximum absolute atomic E-state index is 13.3. The average molecular weight is 611 g/mol. The number of hydrogen-bond acceptors (Lipinski definition) is 4. The van der Waals surface area contributed by atoms with E-state index in [9.17, 15) is 36.6 Å². The van der Waals surface area contributed by atoms with Gasteiger partial charge in [0.2, 0.25) is 0 Å². The number of benzene rings is 3. The molecule has 188 valence electrons. The molecule has 3 aromatic rings. The fourth-order valence-corrected chi connectivity index (χ4v) is 3.89. The van der Waals surface area contributed by atoms with Crippen LogP contribution in [0, 0.1) is 0 Å². The lowest BCUT2D eigenvalue weighted by molar-refractivity contribution is -0.376. The van der Waals surface area contributed by atoms with Crippen molar-refractivity contribution >= 4 is 28.3 Å². The molecule has 0 fully saturated rings. The average Bonchev–Trinajstić information content (AvgIpc) is 2.77. The van der Waals surface area contributed by atoms with Gasteiger partial charge in [-0.25, -0.2) is 0 Å². The van der Waals surface area contributed by atoms with Crippen LogP contribution in [0.4, 0.5) is 32.0 Å². The summed E-state index contributed by atoms with van der Waals surface area (Å²) in [6, 6.07) is 19.1. The minimum atomic E-state index is -5.98. The van der Waals surface area contributed by atoms with E-state index < -0.39 is 27.6 Å². The van der Waals surface area contributed by atoms with Gasteiger partial charge < -0.3 is 19.8 Å². The highest BCUT2D eigenvalue weighted by Gasteiger charge is 2.71. The molecular formula is C24H20F6INO3. The summed E-state index contributed by atoms with van der Waals surface area (Å²) in [6.07, 6.45) is -12.0. The van der Waals surface area contributed by atoms with Crippen LogP contribution in [0.1, 0.15) is 11.1 Å². The second-order valence-corrected chi connectivity index (χ2v) is 9.07. The van der Waals surface area contributed by atoms with Crippen molar-refractivity contribution in [2.75, 3.05) is 11.4 Å². The first kappa shape index (κ1) is 27.1. The van der Waals surface area contributed by atoms with Crippen molar-refractivity contribution in [3.63, 3.8) is 0 Å². The number of halogens is 7. The van der Waals surface area contributed by atoms with Crippen molar-refractivity contribution in [2.24, 2.45) is 0 Å². The van der Waals surface area contributed by atoms with Crippen LogP contribution in [0.3, 0.4) is 0 Å². The molecule has 35 heavy (non-hydrogen) atoms. The molecule has 0 aromatic heterocycles. The van der Waals surface area contributed by atoms with Gasteiger partial charge in [-0.2, -0.15) is 26.3 Å². The molecule has 0 saturated carbocycles. The second-order valence-electron chi connectivity index (χ2n) is 7.63. The summed E-state index contributed by atoms with van der Waals surface area (Å²) in [7, 11) is 0. The third-order valence-corrected chi connectivity index (χ3v) is 5.47. The number of para-hydroxylation sites is 1. The fourth-order valence-electron chi connectivity index (χ4n) is 3.41. The lowest BCUT2D eigenvalue weighted by atomic mass is 9.91. The van der Waals surface area contributed by atoms with E-state index in [4.69, 9.17) is 4.74 Å². The summed E-state index contributed by atoms with van der Waals surface area (Å²) >= 11 is 1.74. The van der Waals surface area contributed by atoms with Crippen LogP contribution in [0.15, 0.2) is 78.9 Å². The van der Waals surface area contributed by atoms with Crippen molar-refractivity contribution in [2.45, 2.75) is 28.6 Å². The number of nitrogens with zero attached hydrogens (tertiary/aromatic N) is 1. The zero-order valence-electron chi connectivity index (χ0n) is 17.9. The van der Waals surface area contributed by atoms with Crippen LogP contribution in [0.2, 0.25) is 0 Å². The molecule has 4 nitrogen and oxygen atoms in total. The summed E-state index contributed by atoms with van der Waals surface area (Å²) in [5, 5.41) is 19.7. The summed E-state index contributed by atoms with van der Waals surface area (Å²) in [4.78, 5) is 1.58. The van der Waals surface area contributed by atoms with Crippen molar-refractivity contribution in [3.8, 4) is 11.5 Å². The predicted molar refractivity (Wildman–Crippen MR) is 126 cm³/mol. The number of anilines is 1. The first-order valence-corrected chi connectivity index (χ1v) is 11.4. The van der Waals surface area contributed by atoms with Gasteiger partial charge in [0.15, 0.2) is 0 Å². The van der Waals surface area contributed by atoms with Gasteiger partial charge in [0.1, 0.15) is 15.6 Å². The maximum atomic E-state index is 13.3. The summed E-state index contributed by atoms with van der Waals surface area (Å²) < 4.78 is 84.8. The number of hydrogen-bond donors (Lipinski definition) is 2. The molecule has 2 N–H and O–H groups in total. The number of alkyl halides is 7. The van der Waals surface area contributed by atoms with Gasteiger partial charge in [0.25, 0.3) is 5.60 Å². The van der Waals surface area contributed by atoms with E-state index in [-0.39, 0.29) is 18.7 Å². The number of rotatable bonds is 8. The van der Waals surface area contributed by atoms with Gasteiger partial charge >= 0.3 is 12.4 Å². The summed E-state index contributed by atoms with van der Waals surface area (Å²) in [6.45, 7) is -0.128. The Bertz CT molecular complexity index is 1110. The van der Waals surface area contributed by atoms with Gasteiger partial charge in [-0.1, -0.05) is 48.5 Å². The van der Waals surface area contributed by atoms with Crippen LogP contribution in [0.25, 0.3) is 0 Å². The summed E-state index contributed by atoms with van der Waals surface area (Å²) in [5.41, 5.74) is -5.78. The molecule has 0 aliphatic rings. The van der Waals surface area contributed by atoms with Crippen LogP contribution in [-0.2, 0) is 12.1 Å². The van der Waals surface area contributed by atoms with Crippen molar-refractivity contribution in [3.05, 3.63) is 90.0 Å². The third kappa shape index (κ3) is 6.39. The molecule has 1 unspecified atom stereocenters. The highest BCUT2D eigenvalue weighted by Crippen LogP contribution is 2.50. The molecule has 0 heterocycles. The second kappa shape index (κ2) is 10.6. The molecule has 0 saturated heterocycles. The van der Waals surface area contributed by atoms with E-state index >= 15 is 0 Å². The highest BCUT2D eigenvalue weighted by atomic mass is 127. The smallest absolute Gasteiger partial charge is 0.430 e. The SMILES string of the molecule is OC(I)CN(Cc1cccc(C(O)(C(F)(F)F)C(F)(F)F)c1)c1cccc(Oc2ccccc2)c1. The topological polar surface area (TPSA) is 52.9 Å². The molecule has 0 spiro atoms. The number of aliphatic hydroxyl groups is 2. The van der Waals surface area contributed by atoms with E-state index in [2.05, 4.69) is 0 Å². The molecule has 0 bridgehead atoms. The highest BCUT2D eigenvalue weighted by molar-refractivity contribution is 14.1. The van der Waals surface area contributed by atoms with Crippen molar-refractivity contribution in [1.29, 1.82) is 0 Å². The fraction of sp³-hybridized carbons (Fsp3) is 0.250. The minimum Gasteiger partial charge on any atom is -0.457 e. The van der Waals surface area contributed by atoms with Crippen LogP contribution in [0.5, 0.6) is 11.5 Å². The number of ether oxygens (including phenoxy) is 1. The van der Waals surface area contributed by atoms with Crippen LogP contribution < -0.4 is 9.64 Å². The Labute approximate surface area is 210 Å². The minimum absolute atomic E-state index is 0.0163. The third-order valence-electron chi connectivity index (χ3n) is 5.07. The zero-order chi connectivity index (χ0) is 25.9. The van der Waals surface area contributed by atoms with Crippen molar-refractivity contribution < 1.29 is 41.3 Å². The monoisotopic (exact) mass is 611 g/mol. The Morgan fingerprint density at radius 2 is 1.40 bits per heavy atom. The Morgan fingerprint density at radius 3 is 2.00 bits per heavy atom. The van der Waals surface area contributed by atoms with Gasteiger partial charge in [0, 0.05) is 23.9 Å². The van der Waals surface area contributed by atoms with Gasteiger partial charge in [0.05, 0.1) is 6.54 Å². The Morgan fingerprint density at radius 1 is 0.800 bits per heavy atom. The van der Waals surface area contributed by atoms with Gasteiger partial charge in [-0.3, -0.25) is 0 Å². The van der Waals surface area contributed by atoms with Crippen molar-refractivity contribution in [1.82, 2.24) is 0 Å². The molecule has 0 radical (unpaired) electrons. The van der Waals surface area contributed by atoms with Gasteiger partial charge in [-0.15, -0.1) is 0 Å². The summed E-state index contributed by atoms with van der Waals surface area (Å²) in [5.74, 6) is 1.01. The number of aliphatic hydroxyl groups excluding tert-OH is 1. The normalized spacial score (nSPS) is 13.4. The molecule has 11 heteroatoms. The van der Waals surface area contributed by atoms with E-state index in [1.165, 1.54) is 6.07 Å². The van der Waals surface area contributed by atoms with E-state index in [0.717, 1.165) is 6.07 Å². The Balaban J connectivity index is 1.94. The zero-order valence-corrected chi connectivity index (χ0v) is 20.1. The maximum Gasteiger partial charge on any atom is 0.430 e. The standard InChI is InChI=1S/C24H20F6INO3/c25-23(26,27)22(34,24(28,29)30)17-7-4-6-16(12-17)14-32(15-21(31)33)18-8-5-11-20(13-18)35-19-9-2-1-3-10-19/h1-13,21,33-34H,14-15H2. The van der Waals surface area contributed by atoms with Crippen LogP contribution in [-0.4, -0.2) is 33.2 Å². The molecule has 0 aliphatic carbocycles. The quantitative estimate of drug-likeness (QED) is 0.173. The van der Waals surface area contributed by atoms with Gasteiger partial charge in [-0.05, 0) is 52.4 Å². The Hall–Kier alpha value is -2.51. The first-order valence-electron chi connectivity index (χ1n) is 10.2. The molecule has 3 aromatic carbocycles. The van der Waals surface area contributed by atoms with Crippen LogP contribution >= 0.6 is 22.6 Å².